The number of rotatable bonds is 4. The number of ether oxygens (including phenoxy) is 1. The summed E-state index contributed by atoms with van der Waals surface area (Å²) in [4.78, 5) is 22.1. The third-order valence-electron chi connectivity index (χ3n) is 5.86. The molecule has 0 bridgehead atoms. The molecule has 0 atom stereocenters. The lowest BCUT2D eigenvalue weighted by atomic mass is 10.3. The zero-order valence-corrected chi connectivity index (χ0v) is 18.2. The number of nitrogens with zero attached hydrogens (tertiary/aromatic N) is 4. The van der Waals surface area contributed by atoms with Gasteiger partial charge in [0.15, 0.2) is 5.82 Å². The fourth-order valence-corrected chi connectivity index (χ4v) is 4.32. The minimum atomic E-state index is -0.0988. The number of hydrogen-bond donors (Lipinski definition) is 1. The van der Waals surface area contributed by atoms with Gasteiger partial charge in [0.25, 0.3) is 0 Å². The highest BCUT2D eigenvalue weighted by Gasteiger charge is 2.22. The Morgan fingerprint density at radius 2 is 1.78 bits per heavy atom. The number of aromatic nitrogens is 2. The molecule has 4 aromatic rings. The lowest BCUT2D eigenvalue weighted by molar-refractivity contribution is 0.215. The van der Waals surface area contributed by atoms with Gasteiger partial charge in [0, 0.05) is 32.4 Å². The number of hydrogen-bond acceptors (Lipinski definition) is 4. The Balaban J connectivity index is 1.34. The number of carbonyl (C=O) groups is 1. The SMILES string of the molecule is CCOc1ccccc1NC(=O)N1CCCN(c2nc3ccccc3n3cccc23)CC1. The average Bonchev–Trinajstić information content (AvgIpc) is 3.18. The van der Waals surface area contributed by atoms with Crippen molar-refractivity contribution in [1.29, 1.82) is 0 Å². The standard InChI is InChI=1S/C25H27N5O2/c1-2-32-23-13-6-4-10-20(23)27-25(31)29-15-8-14-28(17-18-29)24-22-12-7-16-30(22)21-11-5-3-9-19(21)26-24/h3-7,9-13,16H,2,8,14-15,17-18H2,1H3,(H,27,31). The molecule has 164 valence electrons. The fraction of sp³-hybridized carbons (Fsp3) is 0.280. The van der Waals surface area contributed by atoms with Gasteiger partial charge in [-0.15, -0.1) is 0 Å². The number of para-hydroxylation sites is 4. The van der Waals surface area contributed by atoms with Crippen molar-refractivity contribution in [3.8, 4) is 5.75 Å². The second kappa shape index (κ2) is 8.78. The minimum absolute atomic E-state index is 0.0988. The van der Waals surface area contributed by atoms with Crippen molar-refractivity contribution in [2.24, 2.45) is 0 Å². The number of amides is 2. The van der Waals surface area contributed by atoms with Gasteiger partial charge in [-0.25, -0.2) is 9.78 Å². The van der Waals surface area contributed by atoms with Crippen LogP contribution in [0.3, 0.4) is 0 Å². The van der Waals surface area contributed by atoms with Crippen LogP contribution in [-0.2, 0) is 0 Å². The van der Waals surface area contributed by atoms with Crippen LogP contribution in [-0.4, -0.2) is 53.1 Å². The summed E-state index contributed by atoms with van der Waals surface area (Å²) in [5.74, 6) is 1.66. The number of urea groups is 1. The summed E-state index contributed by atoms with van der Waals surface area (Å²) in [6.07, 6.45) is 2.96. The molecule has 1 aliphatic heterocycles. The van der Waals surface area contributed by atoms with E-state index in [9.17, 15) is 4.79 Å². The summed E-state index contributed by atoms with van der Waals surface area (Å²) in [7, 11) is 0. The van der Waals surface area contributed by atoms with Crippen LogP contribution < -0.4 is 15.0 Å². The molecule has 1 aliphatic rings. The molecule has 0 spiro atoms. The van der Waals surface area contributed by atoms with Gasteiger partial charge in [0.1, 0.15) is 5.75 Å². The van der Waals surface area contributed by atoms with Gasteiger partial charge >= 0.3 is 6.03 Å². The highest BCUT2D eigenvalue weighted by molar-refractivity contribution is 5.91. The van der Waals surface area contributed by atoms with Crippen LogP contribution in [0.2, 0.25) is 0 Å². The van der Waals surface area contributed by atoms with E-state index in [1.54, 1.807) is 0 Å². The maximum Gasteiger partial charge on any atom is 0.322 e. The van der Waals surface area contributed by atoms with Crippen LogP contribution in [0.15, 0.2) is 66.9 Å². The van der Waals surface area contributed by atoms with Crippen LogP contribution in [0.4, 0.5) is 16.3 Å². The highest BCUT2D eigenvalue weighted by atomic mass is 16.5. The molecule has 7 heteroatoms. The Morgan fingerprint density at radius 3 is 2.69 bits per heavy atom. The molecule has 0 saturated carbocycles. The summed E-state index contributed by atoms with van der Waals surface area (Å²) in [6.45, 7) is 5.40. The van der Waals surface area contributed by atoms with E-state index in [0.29, 0.717) is 31.1 Å². The molecule has 1 N–H and O–H groups in total. The smallest absolute Gasteiger partial charge is 0.322 e. The summed E-state index contributed by atoms with van der Waals surface area (Å²) < 4.78 is 7.83. The lowest BCUT2D eigenvalue weighted by Crippen LogP contribution is -2.38. The van der Waals surface area contributed by atoms with E-state index >= 15 is 0 Å². The molecule has 3 heterocycles. The maximum atomic E-state index is 13.0. The van der Waals surface area contributed by atoms with Gasteiger partial charge in [0.05, 0.1) is 28.8 Å². The Morgan fingerprint density at radius 1 is 0.969 bits per heavy atom. The van der Waals surface area contributed by atoms with Crippen molar-refractivity contribution in [3.05, 3.63) is 66.9 Å². The molecule has 32 heavy (non-hydrogen) atoms. The van der Waals surface area contributed by atoms with Crippen molar-refractivity contribution in [3.63, 3.8) is 0 Å². The van der Waals surface area contributed by atoms with Crippen molar-refractivity contribution < 1.29 is 9.53 Å². The molecular formula is C25H27N5O2. The molecule has 2 amide bonds. The lowest BCUT2D eigenvalue weighted by Gasteiger charge is -2.24. The zero-order valence-electron chi connectivity index (χ0n) is 18.2. The number of anilines is 2. The summed E-state index contributed by atoms with van der Waals surface area (Å²) >= 11 is 0. The molecular weight excluding hydrogens is 402 g/mol. The van der Waals surface area contributed by atoms with E-state index < -0.39 is 0 Å². The Kier molecular flexibility index (Phi) is 5.54. The monoisotopic (exact) mass is 429 g/mol. The third-order valence-corrected chi connectivity index (χ3v) is 5.86. The number of benzene rings is 2. The van der Waals surface area contributed by atoms with Crippen molar-refractivity contribution in [2.75, 3.05) is 43.0 Å². The quantitative estimate of drug-likeness (QED) is 0.514. The predicted octanol–water partition coefficient (Wildman–Crippen LogP) is 4.63. The van der Waals surface area contributed by atoms with Crippen molar-refractivity contribution in [2.45, 2.75) is 13.3 Å². The van der Waals surface area contributed by atoms with E-state index in [0.717, 1.165) is 41.9 Å². The van der Waals surface area contributed by atoms with Crippen molar-refractivity contribution in [1.82, 2.24) is 14.3 Å². The number of carbonyl (C=O) groups excluding carboxylic acids is 1. The Bertz CT molecular complexity index is 1250. The molecule has 2 aromatic heterocycles. The molecule has 1 saturated heterocycles. The van der Waals surface area contributed by atoms with E-state index in [-0.39, 0.29) is 6.03 Å². The first-order valence-electron chi connectivity index (χ1n) is 11.1. The van der Waals surface area contributed by atoms with Gasteiger partial charge in [-0.1, -0.05) is 24.3 Å². The van der Waals surface area contributed by atoms with Crippen LogP contribution in [0.5, 0.6) is 5.75 Å². The average molecular weight is 430 g/mol. The van der Waals surface area contributed by atoms with Gasteiger partial charge in [-0.2, -0.15) is 0 Å². The highest BCUT2D eigenvalue weighted by Crippen LogP contribution is 2.27. The van der Waals surface area contributed by atoms with Gasteiger partial charge in [-0.05, 0) is 49.7 Å². The fourth-order valence-electron chi connectivity index (χ4n) is 4.32. The van der Waals surface area contributed by atoms with E-state index in [1.165, 1.54) is 0 Å². The third kappa shape index (κ3) is 3.82. The number of fused-ring (bicyclic) bond motifs is 3. The Hall–Kier alpha value is -3.74. The molecule has 7 nitrogen and oxygen atoms in total. The van der Waals surface area contributed by atoms with E-state index in [4.69, 9.17) is 9.72 Å². The van der Waals surface area contributed by atoms with Crippen LogP contribution >= 0.6 is 0 Å². The summed E-state index contributed by atoms with van der Waals surface area (Å²) in [5.41, 5.74) is 3.86. The van der Waals surface area contributed by atoms with Gasteiger partial charge < -0.3 is 24.3 Å². The second-order valence-electron chi connectivity index (χ2n) is 7.87. The first-order chi connectivity index (χ1) is 15.7. The van der Waals surface area contributed by atoms with E-state index in [2.05, 4.69) is 39.0 Å². The normalized spacial score (nSPS) is 14.5. The number of nitrogens with one attached hydrogen (secondary N) is 1. The first-order valence-corrected chi connectivity index (χ1v) is 11.1. The van der Waals surface area contributed by atoms with Crippen LogP contribution in [0, 0.1) is 0 Å². The molecule has 0 aliphatic carbocycles. The topological polar surface area (TPSA) is 62.1 Å². The van der Waals surface area contributed by atoms with E-state index in [1.807, 2.05) is 54.3 Å². The molecule has 0 unspecified atom stereocenters. The van der Waals surface area contributed by atoms with Crippen molar-refractivity contribution >= 4 is 34.1 Å². The largest absolute Gasteiger partial charge is 0.492 e. The van der Waals surface area contributed by atoms with Crippen LogP contribution in [0.1, 0.15) is 13.3 Å². The molecule has 1 fully saturated rings. The minimum Gasteiger partial charge on any atom is -0.492 e. The Labute approximate surface area is 187 Å². The molecule has 0 radical (unpaired) electrons. The molecule has 5 rings (SSSR count). The predicted molar refractivity (Wildman–Crippen MR) is 128 cm³/mol. The first kappa shape index (κ1) is 20.2. The maximum absolute atomic E-state index is 13.0. The van der Waals surface area contributed by atoms with Gasteiger partial charge in [0.2, 0.25) is 0 Å². The summed E-state index contributed by atoms with van der Waals surface area (Å²) in [6, 6.07) is 19.8. The molecule has 2 aromatic carbocycles. The zero-order chi connectivity index (χ0) is 21.9. The van der Waals surface area contributed by atoms with Gasteiger partial charge in [-0.3, -0.25) is 0 Å². The van der Waals surface area contributed by atoms with Crippen LogP contribution in [0.25, 0.3) is 16.6 Å². The summed E-state index contributed by atoms with van der Waals surface area (Å²) in [5, 5.41) is 3.02. The second-order valence-corrected chi connectivity index (χ2v) is 7.87.